The standard InChI is InChI=1S/C31H33N5O2S/c1-19-13-14-23(17-20(19)2)38-16-15-35-21(3)25(24-11-7-8-12-27(24)35)18-26-28(32)36-31(33-29(26)37)39-30(34-36)22-9-5-4-6-10-22/h7-8,11-14,17-18,22,32H,4-6,9-10,15-16H2,1-3H3/b26-18-,32-28?. The molecule has 8 heteroatoms. The minimum absolute atomic E-state index is 0.0950. The van der Waals surface area contributed by atoms with Crippen molar-refractivity contribution in [1.82, 2.24) is 9.58 Å². The van der Waals surface area contributed by atoms with Crippen LogP contribution in [-0.2, 0) is 11.3 Å². The summed E-state index contributed by atoms with van der Waals surface area (Å²) in [7, 11) is 0. The number of carbonyl (C=O) groups is 1. The van der Waals surface area contributed by atoms with Crippen LogP contribution in [0.4, 0.5) is 0 Å². The number of aliphatic imine (C=N–C) groups is 1. The van der Waals surface area contributed by atoms with E-state index in [1.807, 2.05) is 24.3 Å². The Hall–Kier alpha value is -3.65. The van der Waals surface area contributed by atoms with Gasteiger partial charge in [0.25, 0.3) is 5.91 Å². The molecule has 0 spiro atoms. The van der Waals surface area contributed by atoms with Crippen molar-refractivity contribution in [3.8, 4) is 5.75 Å². The van der Waals surface area contributed by atoms with E-state index in [1.165, 1.54) is 42.2 Å². The summed E-state index contributed by atoms with van der Waals surface area (Å²) in [4.78, 5) is 17.5. The Bertz CT molecular complexity index is 1580. The third-order valence-corrected chi connectivity index (χ3v) is 9.13. The molecule has 1 fully saturated rings. The first-order valence-electron chi connectivity index (χ1n) is 13.7. The number of hydrazone groups is 1. The van der Waals surface area contributed by atoms with Crippen LogP contribution in [0.3, 0.4) is 0 Å². The first kappa shape index (κ1) is 25.6. The Balaban J connectivity index is 1.28. The largest absolute Gasteiger partial charge is 0.492 e. The second-order valence-corrected chi connectivity index (χ2v) is 11.5. The smallest absolute Gasteiger partial charge is 0.283 e. The molecule has 0 saturated heterocycles. The highest BCUT2D eigenvalue weighted by atomic mass is 32.2. The number of nitrogens with zero attached hydrogens (tertiary/aromatic N) is 4. The monoisotopic (exact) mass is 539 g/mol. The molecule has 0 unspecified atom stereocenters. The number of aryl methyl sites for hydroxylation is 2. The fourth-order valence-corrected chi connectivity index (χ4v) is 6.71. The van der Waals surface area contributed by atoms with Crippen molar-refractivity contribution in [2.45, 2.75) is 59.4 Å². The van der Waals surface area contributed by atoms with E-state index in [9.17, 15) is 4.79 Å². The number of benzene rings is 2. The predicted octanol–water partition coefficient (Wildman–Crippen LogP) is 6.85. The lowest BCUT2D eigenvalue weighted by molar-refractivity contribution is -0.114. The molecular formula is C31H33N5O2S. The molecule has 1 saturated carbocycles. The second-order valence-electron chi connectivity index (χ2n) is 10.6. The quantitative estimate of drug-likeness (QED) is 0.348. The summed E-state index contributed by atoms with van der Waals surface area (Å²) in [5, 5.41) is 17.7. The van der Waals surface area contributed by atoms with Gasteiger partial charge in [-0.25, -0.2) is 0 Å². The Labute approximate surface area is 233 Å². The van der Waals surface area contributed by atoms with E-state index in [4.69, 9.17) is 15.2 Å². The molecule has 1 amide bonds. The van der Waals surface area contributed by atoms with Crippen LogP contribution in [0, 0.1) is 32.1 Å². The van der Waals surface area contributed by atoms with Gasteiger partial charge in [0.05, 0.1) is 12.1 Å². The van der Waals surface area contributed by atoms with Gasteiger partial charge in [0, 0.05) is 28.1 Å². The van der Waals surface area contributed by atoms with Gasteiger partial charge in [-0.2, -0.15) is 15.1 Å². The fourth-order valence-electron chi connectivity index (χ4n) is 5.65. The van der Waals surface area contributed by atoms with E-state index >= 15 is 0 Å². The van der Waals surface area contributed by atoms with Crippen molar-refractivity contribution in [3.05, 3.63) is 70.4 Å². The number of rotatable bonds is 6. The van der Waals surface area contributed by atoms with Crippen LogP contribution in [0.25, 0.3) is 17.0 Å². The van der Waals surface area contributed by atoms with Crippen LogP contribution in [0.1, 0.15) is 54.5 Å². The van der Waals surface area contributed by atoms with Crippen molar-refractivity contribution < 1.29 is 9.53 Å². The van der Waals surface area contributed by atoms with E-state index in [1.54, 1.807) is 5.01 Å². The Kier molecular flexibility index (Phi) is 6.89. The average molecular weight is 540 g/mol. The molecule has 1 aliphatic carbocycles. The molecule has 6 rings (SSSR count). The number of nitrogens with one attached hydrogen (secondary N) is 1. The van der Waals surface area contributed by atoms with Gasteiger partial charge in [-0.05, 0) is 80.8 Å². The van der Waals surface area contributed by atoms with Crippen LogP contribution in [0.2, 0.25) is 0 Å². The highest BCUT2D eigenvalue weighted by Crippen LogP contribution is 2.37. The molecule has 3 heterocycles. The van der Waals surface area contributed by atoms with Gasteiger partial charge >= 0.3 is 0 Å². The minimum Gasteiger partial charge on any atom is -0.492 e. The number of thioether (sulfide) groups is 1. The maximum Gasteiger partial charge on any atom is 0.283 e. The molecule has 2 aliphatic heterocycles. The first-order valence-corrected chi connectivity index (χ1v) is 14.5. The van der Waals surface area contributed by atoms with Crippen LogP contribution in [-0.4, -0.2) is 38.1 Å². The van der Waals surface area contributed by atoms with Crippen LogP contribution < -0.4 is 4.74 Å². The molecule has 200 valence electrons. The topological polar surface area (TPSA) is 83.0 Å². The highest BCUT2D eigenvalue weighted by Gasteiger charge is 2.38. The average Bonchev–Trinajstić information content (AvgIpc) is 3.48. The van der Waals surface area contributed by atoms with E-state index in [-0.39, 0.29) is 17.3 Å². The summed E-state index contributed by atoms with van der Waals surface area (Å²) in [5.74, 6) is 0.977. The van der Waals surface area contributed by atoms with E-state index in [0.29, 0.717) is 24.2 Å². The molecule has 1 aromatic heterocycles. The minimum atomic E-state index is -0.381. The lowest BCUT2D eigenvalue weighted by Gasteiger charge is -2.20. The van der Waals surface area contributed by atoms with Crippen LogP contribution in [0.15, 0.2) is 58.1 Å². The van der Waals surface area contributed by atoms with Crippen LogP contribution >= 0.6 is 11.8 Å². The van der Waals surface area contributed by atoms with Gasteiger partial charge in [-0.3, -0.25) is 10.2 Å². The number of para-hydroxylation sites is 1. The zero-order chi connectivity index (χ0) is 27.1. The van der Waals surface area contributed by atoms with E-state index in [0.717, 1.165) is 45.8 Å². The summed E-state index contributed by atoms with van der Waals surface area (Å²) in [6.45, 7) is 7.42. The molecule has 0 atom stereocenters. The lowest BCUT2D eigenvalue weighted by atomic mass is 9.90. The molecule has 3 aliphatic rings. The van der Waals surface area contributed by atoms with E-state index in [2.05, 4.69) is 54.6 Å². The van der Waals surface area contributed by atoms with Crippen LogP contribution in [0.5, 0.6) is 5.75 Å². The lowest BCUT2D eigenvalue weighted by Crippen LogP contribution is -2.35. The summed E-state index contributed by atoms with van der Waals surface area (Å²) >= 11 is 1.45. The predicted molar refractivity (Wildman–Crippen MR) is 160 cm³/mol. The molecule has 7 nitrogen and oxygen atoms in total. The molecule has 0 bridgehead atoms. The number of hydrogen-bond donors (Lipinski definition) is 1. The Morgan fingerprint density at radius 1 is 1.08 bits per heavy atom. The third-order valence-electron chi connectivity index (χ3n) is 8.05. The van der Waals surface area contributed by atoms with E-state index < -0.39 is 0 Å². The van der Waals surface area contributed by atoms with Crippen molar-refractivity contribution in [2.24, 2.45) is 16.0 Å². The summed E-state index contributed by atoms with van der Waals surface area (Å²) in [6.07, 6.45) is 7.73. The third kappa shape index (κ3) is 4.82. The molecule has 39 heavy (non-hydrogen) atoms. The Morgan fingerprint density at radius 2 is 1.87 bits per heavy atom. The van der Waals surface area contributed by atoms with Gasteiger partial charge in [0.2, 0.25) is 5.17 Å². The summed E-state index contributed by atoms with van der Waals surface area (Å²) in [6, 6.07) is 14.3. The van der Waals surface area contributed by atoms with Crippen molar-refractivity contribution >= 4 is 50.7 Å². The summed E-state index contributed by atoms with van der Waals surface area (Å²) < 4.78 is 8.31. The summed E-state index contributed by atoms with van der Waals surface area (Å²) in [5.41, 5.74) is 5.73. The van der Waals surface area contributed by atoms with Crippen molar-refractivity contribution in [3.63, 3.8) is 0 Å². The molecule has 3 aromatic rings. The molecule has 2 aromatic carbocycles. The SMILES string of the molecule is Cc1ccc(OCCn2c(C)c(/C=C3/C(=N)N4N=C(C5CCCCC5)SC4=NC3=O)c3ccccc32)cc1C. The first-order chi connectivity index (χ1) is 18.9. The number of carbonyl (C=O) groups excluding carboxylic acids is 1. The number of amidine groups is 2. The molecule has 0 radical (unpaired) electrons. The number of fused-ring (bicyclic) bond motifs is 2. The van der Waals surface area contributed by atoms with Gasteiger partial charge in [-0.15, -0.1) is 0 Å². The van der Waals surface area contributed by atoms with Gasteiger partial charge in [0.1, 0.15) is 17.4 Å². The second kappa shape index (κ2) is 10.5. The zero-order valence-corrected chi connectivity index (χ0v) is 23.5. The Morgan fingerprint density at radius 3 is 2.67 bits per heavy atom. The molecule has 1 N–H and O–H groups in total. The van der Waals surface area contributed by atoms with Gasteiger partial charge in [-0.1, -0.05) is 43.5 Å². The maximum atomic E-state index is 13.2. The zero-order valence-electron chi connectivity index (χ0n) is 22.7. The maximum absolute atomic E-state index is 13.2. The van der Waals surface area contributed by atoms with Crippen molar-refractivity contribution in [1.29, 1.82) is 5.41 Å². The fraction of sp³-hybridized carbons (Fsp3) is 0.355. The number of aromatic nitrogens is 1. The normalized spacial score (nSPS) is 19.1. The molecular weight excluding hydrogens is 506 g/mol. The number of amides is 1. The highest BCUT2D eigenvalue weighted by molar-refractivity contribution is 8.27. The van der Waals surface area contributed by atoms with Gasteiger partial charge in [0.15, 0.2) is 5.84 Å². The van der Waals surface area contributed by atoms with Gasteiger partial charge < -0.3 is 9.30 Å². The number of hydrogen-bond acceptors (Lipinski definition) is 5. The number of ether oxygens (including phenoxy) is 1. The van der Waals surface area contributed by atoms with Crippen molar-refractivity contribution in [2.75, 3.05) is 6.61 Å².